The summed E-state index contributed by atoms with van der Waals surface area (Å²) in [7, 11) is 3.55. The van der Waals surface area contributed by atoms with Crippen LogP contribution < -0.4 is 10.1 Å². The lowest BCUT2D eigenvalue weighted by atomic mass is 9.99. The highest BCUT2D eigenvalue weighted by Crippen LogP contribution is 2.20. The summed E-state index contributed by atoms with van der Waals surface area (Å²) in [6, 6.07) is 12.6. The zero-order valence-electron chi connectivity index (χ0n) is 12.2. The van der Waals surface area contributed by atoms with Gasteiger partial charge in [-0.2, -0.15) is 0 Å². The summed E-state index contributed by atoms with van der Waals surface area (Å²) < 4.78 is 18.6. The van der Waals surface area contributed by atoms with Gasteiger partial charge in [0.05, 0.1) is 7.11 Å². The van der Waals surface area contributed by atoms with E-state index in [1.807, 2.05) is 25.2 Å². The van der Waals surface area contributed by atoms with Crippen molar-refractivity contribution >= 4 is 11.6 Å². The number of rotatable bonds is 6. The molecule has 0 radical (unpaired) electrons. The number of hydrogen-bond acceptors (Lipinski definition) is 2. The quantitative estimate of drug-likeness (QED) is 0.875. The van der Waals surface area contributed by atoms with E-state index in [2.05, 4.69) is 11.4 Å². The van der Waals surface area contributed by atoms with E-state index in [4.69, 9.17) is 16.3 Å². The molecule has 1 atom stereocenters. The molecular weight excluding hydrogens is 289 g/mol. The maximum atomic E-state index is 13.3. The van der Waals surface area contributed by atoms with Crippen molar-refractivity contribution < 1.29 is 9.13 Å². The monoisotopic (exact) mass is 307 g/mol. The minimum absolute atomic E-state index is 0.177. The maximum Gasteiger partial charge on any atom is 0.123 e. The van der Waals surface area contributed by atoms with Gasteiger partial charge in [0.2, 0.25) is 0 Å². The van der Waals surface area contributed by atoms with E-state index in [-0.39, 0.29) is 11.9 Å². The van der Waals surface area contributed by atoms with Crippen molar-refractivity contribution in [3.8, 4) is 5.75 Å². The van der Waals surface area contributed by atoms with Gasteiger partial charge in [-0.05, 0) is 61.3 Å². The Kier molecular flexibility index (Phi) is 5.59. The summed E-state index contributed by atoms with van der Waals surface area (Å²) in [6.45, 7) is 0. The van der Waals surface area contributed by atoms with Gasteiger partial charge in [-0.3, -0.25) is 0 Å². The fraction of sp³-hybridized carbons (Fsp3) is 0.294. The van der Waals surface area contributed by atoms with Crippen molar-refractivity contribution in [1.82, 2.24) is 5.32 Å². The summed E-state index contributed by atoms with van der Waals surface area (Å²) in [5.41, 5.74) is 1.99. The van der Waals surface area contributed by atoms with Crippen LogP contribution in [0.15, 0.2) is 42.5 Å². The standard InChI is InChI=1S/C17H19ClFNO/c1-20-15(8-12-4-3-5-16(9-12)21-2)11-13-10-14(19)6-7-17(13)18/h3-7,9-10,15,20H,8,11H2,1-2H3. The van der Waals surface area contributed by atoms with E-state index in [1.54, 1.807) is 13.2 Å². The SMILES string of the molecule is CNC(Cc1cccc(OC)c1)Cc1cc(F)ccc1Cl. The Labute approximate surface area is 129 Å². The van der Waals surface area contributed by atoms with E-state index < -0.39 is 0 Å². The lowest BCUT2D eigenvalue weighted by Gasteiger charge is -2.17. The van der Waals surface area contributed by atoms with E-state index in [1.165, 1.54) is 17.7 Å². The zero-order chi connectivity index (χ0) is 15.2. The molecule has 0 aromatic heterocycles. The van der Waals surface area contributed by atoms with Gasteiger partial charge < -0.3 is 10.1 Å². The molecule has 0 bridgehead atoms. The van der Waals surface area contributed by atoms with Crippen LogP contribution >= 0.6 is 11.6 Å². The lowest BCUT2D eigenvalue weighted by Crippen LogP contribution is -2.30. The van der Waals surface area contributed by atoms with Crippen LogP contribution in [-0.4, -0.2) is 20.2 Å². The zero-order valence-corrected chi connectivity index (χ0v) is 13.0. The summed E-state index contributed by atoms with van der Waals surface area (Å²) in [5, 5.41) is 3.86. The fourth-order valence-electron chi connectivity index (χ4n) is 2.33. The highest BCUT2D eigenvalue weighted by molar-refractivity contribution is 6.31. The third kappa shape index (κ3) is 4.45. The largest absolute Gasteiger partial charge is 0.497 e. The average molecular weight is 308 g/mol. The number of benzene rings is 2. The predicted octanol–water partition coefficient (Wildman–Crippen LogP) is 3.86. The first-order chi connectivity index (χ1) is 10.1. The number of halogens is 2. The van der Waals surface area contributed by atoms with Crippen molar-refractivity contribution in [2.45, 2.75) is 18.9 Å². The van der Waals surface area contributed by atoms with Crippen molar-refractivity contribution in [1.29, 1.82) is 0 Å². The highest BCUT2D eigenvalue weighted by Gasteiger charge is 2.12. The summed E-state index contributed by atoms with van der Waals surface area (Å²) in [4.78, 5) is 0. The lowest BCUT2D eigenvalue weighted by molar-refractivity contribution is 0.414. The molecule has 1 unspecified atom stereocenters. The van der Waals surface area contributed by atoms with Gasteiger partial charge in [-0.25, -0.2) is 4.39 Å². The topological polar surface area (TPSA) is 21.3 Å². The number of methoxy groups -OCH3 is 1. The van der Waals surface area contributed by atoms with Crippen LogP contribution in [0.1, 0.15) is 11.1 Å². The van der Waals surface area contributed by atoms with Crippen molar-refractivity contribution in [2.24, 2.45) is 0 Å². The van der Waals surface area contributed by atoms with Crippen LogP contribution in [-0.2, 0) is 12.8 Å². The van der Waals surface area contributed by atoms with Gasteiger partial charge in [0, 0.05) is 11.1 Å². The molecule has 0 amide bonds. The second-order valence-corrected chi connectivity index (χ2v) is 5.39. The van der Waals surface area contributed by atoms with Gasteiger partial charge >= 0.3 is 0 Å². The third-order valence-corrected chi connectivity index (χ3v) is 3.87. The second-order valence-electron chi connectivity index (χ2n) is 4.98. The molecule has 1 N–H and O–H groups in total. The van der Waals surface area contributed by atoms with E-state index in [0.717, 1.165) is 17.7 Å². The molecule has 2 aromatic carbocycles. The molecule has 0 saturated carbocycles. The summed E-state index contributed by atoms with van der Waals surface area (Å²) >= 11 is 6.13. The molecule has 0 aliphatic carbocycles. The molecule has 112 valence electrons. The molecule has 0 spiro atoms. The molecule has 21 heavy (non-hydrogen) atoms. The molecule has 2 aromatic rings. The van der Waals surface area contributed by atoms with Gasteiger partial charge in [0.15, 0.2) is 0 Å². The number of nitrogens with one attached hydrogen (secondary N) is 1. The molecule has 0 fully saturated rings. The molecule has 4 heteroatoms. The Bertz CT molecular complexity index is 603. The minimum atomic E-state index is -0.259. The van der Waals surface area contributed by atoms with Gasteiger partial charge in [-0.15, -0.1) is 0 Å². The molecule has 0 saturated heterocycles. The highest BCUT2D eigenvalue weighted by atomic mass is 35.5. The fourth-order valence-corrected chi connectivity index (χ4v) is 2.52. The Balaban J connectivity index is 2.10. The van der Waals surface area contributed by atoms with Crippen LogP contribution in [0.5, 0.6) is 5.75 Å². The Hall–Kier alpha value is -1.58. The molecule has 0 aliphatic heterocycles. The van der Waals surface area contributed by atoms with Crippen LogP contribution in [0.3, 0.4) is 0 Å². The first-order valence-electron chi connectivity index (χ1n) is 6.86. The smallest absolute Gasteiger partial charge is 0.123 e. The second kappa shape index (κ2) is 7.43. The predicted molar refractivity (Wildman–Crippen MR) is 84.7 cm³/mol. The first kappa shape index (κ1) is 15.8. The van der Waals surface area contributed by atoms with E-state index in [0.29, 0.717) is 11.4 Å². The van der Waals surface area contributed by atoms with E-state index in [9.17, 15) is 4.39 Å². The Morgan fingerprint density at radius 1 is 1.19 bits per heavy atom. The third-order valence-electron chi connectivity index (χ3n) is 3.50. The van der Waals surface area contributed by atoms with Crippen LogP contribution in [0.2, 0.25) is 5.02 Å². The van der Waals surface area contributed by atoms with Crippen LogP contribution in [0.4, 0.5) is 4.39 Å². The minimum Gasteiger partial charge on any atom is -0.497 e. The molecule has 0 heterocycles. The first-order valence-corrected chi connectivity index (χ1v) is 7.24. The number of likely N-dealkylation sites (N-methyl/N-ethyl adjacent to an activating group) is 1. The molecule has 0 aliphatic rings. The van der Waals surface area contributed by atoms with E-state index >= 15 is 0 Å². The van der Waals surface area contributed by atoms with Gasteiger partial charge in [0.25, 0.3) is 0 Å². The maximum absolute atomic E-state index is 13.3. The molecule has 2 nitrogen and oxygen atoms in total. The normalized spacial score (nSPS) is 12.2. The van der Waals surface area contributed by atoms with Crippen molar-refractivity contribution in [3.63, 3.8) is 0 Å². The Morgan fingerprint density at radius 2 is 2.00 bits per heavy atom. The van der Waals surface area contributed by atoms with Crippen LogP contribution in [0.25, 0.3) is 0 Å². The Morgan fingerprint density at radius 3 is 2.71 bits per heavy atom. The molecule has 2 rings (SSSR count). The van der Waals surface area contributed by atoms with Gasteiger partial charge in [-0.1, -0.05) is 23.7 Å². The average Bonchev–Trinajstić information content (AvgIpc) is 2.50. The summed E-state index contributed by atoms with van der Waals surface area (Å²) in [6.07, 6.45) is 1.49. The number of ether oxygens (including phenoxy) is 1. The molecular formula is C17H19ClFNO. The summed E-state index contributed by atoms with van der Waals surface area (Å²) in [5.74, 6) is 0.580. The van der Waals surface area contributed by atoms with Crippen LogP contribution in [0, 0.1) is 5.82 Å². The number of hydrogen-bond donors (Lipinski definition) is 1. The van der Waals surface area contributed by atoms with Crippen molar-refractivity contribution in [2.75, 3.05) is 14.2 Å². The van der Waals surface area contributed by atoms with Gasteiger partial charge in [0.1, 0.15) is 11.6 Å². The van der Waals surface area contributed by atoms with Crippen molar-refractivity contribution in [3.05, 3.63) is 64.4 Å².